The first-order chi connectivity index (χ1) is 10.6. The summed E-state index contributed by atoms with van der Waals surface area (Å²) in [4.78, 5) is 8.55. The van der Waals surface area contributed by atoms with Crippen LogP contribution in [0.25, 0.3) is 0 Å². The molecule has 1 heterocycles. The molecule has 6 heteroatoms. The average Bonchev–Trinajstić information content (AvgIpc) is 2.53. The molecule has 22 heavy (non-hydrogen) atoms. The van der Waals surface area contributed by atoms with Gasteiger partial charge in [-0.05, 0) is 36.5 Å². The largest absolute Gasteiger partial charge is 0.411 e. The van der Waals surface area contributed by atoms with Crippen molar-refractivity contribution in [3.8, 4) is 0 Å². The number of anilines is 1. The number of halogens is 1. The highest BCUT2D eigenvalue weighted by atomic mass is 19.1. The van der Waals surface area contributed by atoms with Gasteiger partial charge in [0, 0.05) is 12.0 Å². The molecular formula is C16H17FN4O. The van der Waals surface area contributed by atoms with Crippen LogP contribution in [-0.2, 0) is 12.8 Å². The molecule has 3 N–H and O–H groups in total. The molecule has 0 fully saturated rings. The summed E-state index contributed by atoms with van der Waals surface area (Å²) in [5.74, 6) is 0.0431. The number of nitrogen functional groups attached to an aromatic ring is 1. The van der Waals surface area contributed by atoms with Crippen LogP contribution < -0.4 is 5.73 Å². The van der Waals surface area contributed by atoms with Gasteiger partial charge in [0.2, 0.25) is 5.95 Å². The lowest BCUT2D eigenvalue weighted by Crippen LogP contribution is -2.24. The molecule has 0 amide bonds. The monoisotopic (exact) mass is 300 g/mol. The Kier molecular flexibility index (Phi) is 3.75. The highest BCUT2D eigenvalue weighted by Gasteiger charge is 2.29. The van der Waals surface area contributed by atoms with Crippen molar-refractivity contribution in [2.75, 3.05) is 5.73 Å². The Morgan fingerprint density at radius 1 is 1.27 bits per heavy atom. The minimum atomic E-state index is -0.268. The van der Waals surface area contributed by atoms with Gasteiger partial charge in [-0.2, -0.15) is 0 Å². The van der Waals surface area contributed by atoms with E-state index in [0.717, 1.165) is 22.5 Å². The zero-order valence-corrected chi connectivity index (χ0v) is 12.3. The number of nitrogens with zero attached hydrogens (tertiary/aromatic N) is 3. The third kappa shape index (κ3) is 2.52. The van der Waals surface area contributed by atoms with E-state index in [1.165, 1.54) is 12.1 Å². The fourth-order valence-corrected chi connectivity index (χ4v) is 3.02. The molecule has 5 nitrogen and oxygen atoms in total. The lowest BCUT2D eigenvalue weighted by Gasteiger charge is -2.26. The van der Waals surface area contributed by atoms with E-state index in [2.05, 4.69) is 15.1 Å². The van der Waals surface area contributed by atoms with E-state index in [9.17, 15) is 9.60 Å². The molecule has 1 aliphatic rings. The number of oxime groups is 1. The lowest BCUT2D eigenvalue weighted by atomic mass is 9.80. The van der Waals surface area contributed by atoms with Crippen LogP contribution in [0, 0.1) is 5.82 Å². The van der Waals surface area contributed by atoms with Gasteiger partial charge in [-0.25, -0.2) is 14.4 Å². The van der Waals surface area contributed by atoms with Gasteiger partial charge in [-0.1, -0.05) is 24.2 Å². The van der Waals surface area contributed by atoms with Crippen molar-refractivity contribution < 1.29 is 9.60 Å². The number of fused-ring (bicyclic) bond motifs is 1. The highest BCUT2D eigenvalue weighted by molar-refractivity contribution is 6.03. The second kappa shape index (κ2) is 5.71. The van der Waals surface area contributed by atoms with E-state index < -0.39 is 0 Å². The predicted octanol–water partition coefficient (Wildman–Crippen LogP) is 2.67. The molecule has 1 aromatic heterocycles. The molecule has 0 spiro atoms. The second-order valence-electron chi connectivity index (χ2n) is 5.41. The van der Waals surface area contributed by atoms with E-state index in [4.69, 9.17) is 5.73 Å². The Bertz CT molecular complexity index is 728. The fraction of sp³-hybridized carbons (Fsp3) is 0.312. The molecular weight excluding hydrogens is 283 g/mol. The Morgan fingerprint density at radius 3 is 2.64 bits per heavy atom. The van der Waals surface area contributed by atoms with Crippen LogP contribution in [0.4, 0.5) is 10.3 Å². The Morgan fingerprint density at radius 2 is 2.00 bits per heavy atom. The standard InChI is InChI=1S/C16H17FN4O/c1-2-12-15-13(20-16(18)19-12)7-10(8-14(15)21-22)9-3-5-11(17)6-4-9/h3-6,10,22H,2,7-8H2,1H3,(H2,18,19,20)/b21-14-. The van der Waals surface area contributed by atoms with Crippen LogP contribution in [0.2, 0.25) is 0 Å². The Hall–Kier alpha value is -2.50. The van der Waals surface area contributed by atoms with Crippen molar-refractivity contribution in [1.29, 1.82) is 0 Å². The van der Waals surface area contributed by atoms with Gasteiger partial charge >= 0.3 is 0 Å². The number of hydrogen-bond acceptors (Lipinski definition) is 5. The molecule has 0 saturated heterocycles. The van der Waals surface area contributed by atoms with Gasteiger partial charge in [0.25, 0.3) is 0 Å². The molecule has 0 radical (unpaired) electrons. The molecule has 2 aromatic rings. The van der Waals surface area contributed by atoms with Gasteiger partial charge < -0.3 is 10.9 Å². The van der Waals surface area contributed by atoms with Gasteiger partial charge in [0.05, 0.1) is 17.1 Å². The van der Waals surface area contributed by atoms with E-state index in [0.29, 0.717) is 25.0 Å². The Balaban J connectivity index is 2.05. The number of aryl methyl sites for hydroxylation is 1. The Labute approximate surface area is 127 Å². The SMILES string of the molecule is CCc1nc(N)nc2c1/C(=N\O)CC(c1ccc(F)cc1)C2. The zero-order chi connectivity index (χ0) is 15.7. The molecule has 0 aliphatic heterocycles. The summed E-state index contributed by atoms with van der Waals surface area (Å²) in [6, 6.07) is 6.38. The van der Waals surface area contributed by atoms with Crippen LogP contribution in [0.5, 0.6) is 0 Å². The average molecular weight is 300 g/mol. The van der Waals surface area contributed by atoms with E-state index in [1.54, 1.807) is 12.1 Å². The van der Waals surface area contributed by atoms with Crippen LogP contribution >= 0.6 is 0 Å². The van der Waals surface area contributed by atoms with Crippen LogP contribution in [0.3, 0.4) is 0 Å². The first-order valence-electron chi connectivity index (χ1n) is 7.24. The van der Waals surface area contributed by atoms with Gasteiger partial charge in [0.15, 0.2) is 0 Å². The van der Waals surface area contributed by atoms with Crippen LogP contribution in [-0.4, -0.2) is 20.9 Å². The summed E-state index contributed by atoms with van der Waals surface area (Å²) in [5, 5.41) is 12.8. The molecule has 1 aromatic carbocycles. The molecule has 3 rings (SSSR count). The number of benzene rings is 1. The summed E-state index contributed by atoms with van der Waals surface area (Å²) in [6.07, 6.45) is 1.92. The van der Waals surface area contributed by atoms with E-state index >= 15 is 0 Å². The zero-order valence-electron chi connectivity index (χ0n) is 12.3. The number of rotatable bonds is 2. The van der Waals surface area contributed by atoms with E-state index in [1.807, 2.05) is 6.92 Å². The van der Waals surface area contributed by atoms with Gasteiger partial charge in [-0.15, -0.1) is 0 Å². The summed E-state index contributed by atoms with van der Waals surface area (Å²) >= 11 is 0. The maximum Gasteiger partial charge on any atom is 0.220 e. The van der Waals surface area contributed by atoms with Crippen molar-refractivity contribution in [2.45, 2.75) is 32.1 Å². The first-order valence-corrected chi connectivity index (χ1v) is 7.24. The summed E-state index contributed by atoms with van der Waals surface area (Å²) in [6.45, 7) is 1.98. The summed E-state index contributed by atoms with van der Waals surface area (Å²) in [5.41, 5.74) is 9.72. The minimum Gasteiger partial charge on any atom is -0.411 e. The predicted molar refractivity (Wildman–Crippen MR) is 81.6 cm³/mol. The van der Waals surface area contributed by atoms with Crippen molar-refractivity contribution >= 4 is 11.7 Å². The smallest absolute Gasteiger partial charge is 0.220 e. The van der Waals surface area contributed by atoms with Gasteiger partial charge in [-0.3, -0.25) is 0 Å². The molecule has 1 unspecified atom stereocenters. The molecule has 1 aliphatic carbocycles. The minimum absolute atomic E-state index is 0.0815. The summed E-state index contributed by atoms with van der Waals surface area (Å²) in [7, 11) is 0. The quantitative estimate of drug-likeness (QED) is 0.659. The third-order valence-electron chi connectivity index (χ3n) is 4.04. The van der Waals surface area contributed by atoms with Crippen molar-refractivity contribution in [2.24, 2.45) is 5.16 Å². The number of aromatic nitrogens is 2. The summed E-state index contributed by atoms with van der Waals surface area (Å²) < 4.78 is 13.1. The fourth-order valence-electron chi connectivity index (χ4n) is 3.02. The molecule has 0 saturated carbocycles. The lowest BCUT2D eigenvalue weighted by molar-refractivity contribution is 0.316. The first kappa shape index (κ1) is 14.4. The number of hydrogen-bond donors (Lipinski definition) is 2. The molecule has 1 atom stereocenters. The highest BCUT2D eigenvalue weighted by Crippen LogP contribution is 2.33. The molecule has 0 bridgehead atoms. The normalized spacial score (nSPS) is 19.2. The van der Waals surface area contributed by atoms with Crippen LogP contribution in [0.1, 0.15) is 41.8 Å². The molecule has 114 valence electrons. The third-order valence-corrected chi connectivity index (χ3v) is 4.04. The van der Waals surface area contributed by atoms with Crippen molar-refractivity contribution in [3.05, 3.63) is 52.6 Å². The number of nitrogens with two attached hydrogens (primary N) is 1. The maximum atomic E-state index is 13.1. The second-order valence-corrected chi connectivity index (χ2v) is 5.41. The van der Waals surface area contributed by atoms with Crippen molar-refractivity contribution in [1.82, 2.24) is 9.97 Å². The topological polar surface area (TPSA) is 84.4 Å². The van der Waals surface area contributed by atoms with E-state index in [-0.39, 0.29) is 17.7 Å². The van der Waals surface area contributed by atoms with Gasteiger partial charge in [0.1, 0.15) is 5.82 Å². The van der Waals surface area contributed by atoms with Crippen LogP contribution in [0.15, 0.2) is 29.4 Å². The maximum absolute atomic E-state index is 13.1. The van der Waals surface area contributed by atoms with Crippen molar-refractivity contribution in [3.63, 3.8) is 0 Å².